The average molecular weight is 260 g/mol. The topological polar surface area (TPSA) is 30.7 Å². The van der Waals surface area contributed by atoms with Crippen LogP contribution in [0.5, 0.6) is 0 Å². The van der Waals surface area contributed by atoms with Crippen molar-refractivity contribution in [2.45, 2.75) is 45.0 Å². The number of nitrogens with zero attached hydrogens (tertiary/aromatic N) is 3. The van der Waals surface area contributed by atoms with E-state index in [4.69, 9.17) is 0 Å². The van der Waals surface area contributed by atoms with Gasteiger partial charge in [0.2, 0.25) is 0 Å². The van der Waals surface area contributed by atoms with Gasteiger partial charge < -0.3 is 0 Å². The molecule has 1 aromatic rings. The van der Waals surface area contributed by atoms with Crippen molar-refractivity contribution in [2.75, 3.05) is 0 Å². The smallest absolute Gasteiger partial charge is 0.138 e. The molecular weight excluding hydrogens is 242 g/mol. The molecule has 0 saturated carbocycles. The number of alkyl halides is 1. The molecule has 0 aliphatic rings. The highest BCUT2D eigenvalue weighted by Crippen LogP contribution is 2.20. The van der Waals surface area contributed by atoms with Gasteiger partial charge in [0.15, 0.2) is 0 Å². The second-order valence-electron chi connectivity index (χ2n) is 3.54. The van der Waals surface area contributed by atoms with Crippen LogP contribution in [0.15, 0.2) is 6.33 Å². The lowest BCUT2D eigenvalue weighted by atomic mass is 9.99. The van der Waals surface area contributed by atoms with E-state index in [0.29, 0.717) is 10.7 Å². The van der Waals surface area contributed by atoms with Crippen molar-refractivity contribution in [3.05, 3.63) is 12.2 Å². The standard InChI is InChI=1S/C10H18BrN3/c1-4-9(8(3)11)6-10-12-7-13-14(10)5-2/h7-9H,4-6H2,1-3H3. The summed E-state index contributed by atoms with van der Waals surface area (Å²) in [6.45, 7) is 7.41. The molecule has 2 atom stereocenters. The van der Waals surface area contributed by atoms with Crippen molar-refractivity contribution in [1.82, 2.24) is 14.8 Å². The molecule has 0 bridgehead atoms. The summed E-state index contributed by atoms with van der Waals surface area (Å²) in [5.41, 5.74) is 0. The van der Waals surface area contributed by atoms with Crippen LogP contribution in [0.3, 0.4) is 0 Å². The van der Waals surface area contributed by atoms with Crippen LogP contribution in [0, 0.1) is 5.92 Å². The average Bonchev–Trinajstić information content (AvgIpc) is 2.60. The molecule has 0 aliphatic carbocycles. The Balaban J connectivity index is 2.66. The van der Waals surface area contributed by atoms with E-state index in [0.717, 1.165) is 18.8 Å². The van der Waals surface area contributed by atoms with Crippen LogP contribution in [0.1, 0.15) is 33.0 Å². The summed E-state index contributed by atoms with van der Waals surface area (Å²) in [6.07, 6.45) is 3.82. The van der Waals surface area contributed by atoms with Gasteiger partial charge in [0, 0.05) is 17.8 Å². The maximum atomic E-state index is 4.29. The first-order valence-corrected chi connectivity index (χ1v) is 6.11. The van der Waals surface area contributed by atoms with E-state index in [2.05, 4.69) is 46.8 Å². The van der Waals surface area contributed by atoms with Gasteiger partial charge in [0.1, 0.15) is 12.2 Å². The zero-order chi connectivity index (χ0) is 10.6. The summed E-state index contributed by atoms with van der Waals surface area (Å²) >= 11 is 3.64. The van der Waals surface area contributed by atoms with Crippen LogP contribution < -0.4 is 0 Å². The van der Waals surface area contributed by atoms with E-state index in [9.17, 15) is 0 Å². The second-order valence-corrected chi connectivity index (χ2v) is 4.99. The van der Waals surface area contributed by atoms with E-state index in [1.54, 1.807) is 6.33 Å². The first-order valence-electron chi connectivity index (χ1n) is 5.19. The molecule has 0 aliphatic heterocycles. The van der Waals surface area contributed by atoms with Crippen LogP contribution in [0.4, 0.5) is 0 Å². The fraction of sp³-hybridized carbons (Fsp3) is 0.800. The number of hydrogen-bond donors (Lipinski definition) is 0. The lowest BCUT2D eigenvalue weighted by Gasteiger charge is -2.16. The Morgan fingerprint density at radius 2 is 2.21 bits per heavy atom. The summed E-state index contributed by atoms with van der Waals surface area (Å²) in [5, 5.41) is 4.17. The summed E-state index contributed by atoms with van der Waals surface area (Å²) in [6, 6.07) is 0. The van der Waals surface area contributed by atoms with Crippen LogP contribution in [-0.2, 0) is 13.0 Å². The fourth-order valence-corrected chi connectivity index (χ4v) is 2.14. The van der Waals surface area contributed by atoms with E-state index < -0.39 is 0 Å². The van der Waals surface area contributed by atoms with Gasteiger partial charge in [-0.25, -0.2) is 4.98 Å². The number of hydrogen-bond acceptors (Lipinski definition) is 2. The van der Waals surface area contributed by atoms with Crippen molar-refractivity contribution in [2.24, 2.45) is 5.92 Å². The van der Waals surface area contributed by atoms with E-state index in [1.807, 2.05) is 4.68 Å². The molecule has 0 aromatic carbocycles. The van der Waals surface area contributed by atoms with E-state index >= 15 is 0 Å². The van der Waals surface area contributed by atoms with Gasteiger partial charge in [0.25, 0.3) is 0 Å². The SMILES string of the molecule is CCC(Cc1ncnn1CC)C(C)Br. The van der Waals surface area contributed by atoms with Gasteiger partial charge in [-0.15, -0.1) is 0 Å². The zero-order valence-electron chi connectivity index (χ0n) is 9.07. The summed E-state index contributed by atoms with van der Waals surface area (Å²) in [7, 11) is 0. The van der Waals surface area contributed by atoms with Crippen molar-refractivity contribution in [3.63, 3.8) is 0 Å². The molecule has 4 heteroatoms. The van der Waals surface area contributed by atoms with Crippen molar-refractivity contribution >= 4 is 15.9 Å². The lowest BCUT2D eigenvalue weighted by molar-refractivity contribution is 0.473. The van der Waals surface area contributed by atoms with Crippen LogP contribution in [0.25, 0.3) is 0 Å². The van der Waals surface area contributed by atoms with Gasteiger partial charge in [-0.05, 0) is 12.8 Å². The normalized spacial score (nSPS) is 15.4. The highest BCUT2D eigenvalue weighted by Gasteiger charge is 2.16. The molecule has 3 nitrogen and oxygen atoms in total. The van der Waals surface area contributed by atoms with Gasteiger partial charge in [-0.2, -0.15) is 5.10 Å². The molecule has 0 saturated heterocycles. The Morgan fingerprint density at radius 1 is 1.50 bits per heavy atom. The minimum absolute atomic E-state index is 0.537. The Hall–Kier alpha value is -0.380. The van der Waals surface area contributed by atoms with Crippen LogP contribution in [-0.4, -0.2) is 19.6 Å². The summed E-state index contributed by atoms with van der Waals surface area (Å²) in [5.74, 6) is 1.75. The number of aromatic nitrogens is 3. The predicted molar refractivity (Wildman–Crippen MR) is 61.6 cm³/mol. The highest BCUT2D eigenvalue weighted by atomic mass is 79.9. The van der Waals surface area contributed by atoms with Gasteiger partial charge in [-0.3, -0.25) is 4.68 Å². The molecular formula is C10H18BrN3. The molecule has 1 aromatic heterocycles. The zero-order valence-corrected chi connectivity index (χ0v) is 10.7. The monoisotopic (exact) mass is 259 g/mol. The van der Waals surface area contributed by atoms with Crippen molar-refractivity contribution in [3.8, 4) is 0 Å². The van der Waals surface area contributed by atoms with Crippen LogP contribution >= 0.6 is 15.9 Å². The molecule has 80 valence electrons. The van der Waals surface area contributed by atoms with E-state index in [-0.39, 0.29) is 0 Å². The molecule has 0 fully saturated rings. The molecule has 2 unspecified atom stereocenters. The third kappa shape index (κ3) is 2.80. The maximum absolute atomic E-state index is 4.29. The molecule has 1 heterocycles. The lowest BCUT2D eigenvalue weighted by Crippen LogP contribution is -2.16. The molecule has 0 N–H and O–H groups in total. The molecule has 1 rings (SSSR count). The Morgan fingerprint density at radius 3 is 2.71 bits per heavy atom. The number of halogens is 1. The third-order valence-corrected chi connectivity index (χ3v) is 3.36. The first-order chi connectivity index (χ1) is 6.69. The Bertz CT molecular complexity index is 270. The summed E-state index contributed by atoms with van der Waals surface area (Å²) in [4.78, 5) is 4.82. The predicted octanol–water partition coefficient (Wildman–Crippen LogP) is 2.65. The van der Waals surface area contributed by atoms with Crippen LogP contribution in [0.2, 0.25) is 0 Å². The van der Waals surface area contributed by atoms with Gasteiger partial charge in [-0.1, -0.05) is 36.2 Å². The quantitative estimate of drug-likeness (QED) is 0.762. The van der Waals surface area contributed by atoms with Gasteiger partial charge in [0.05, 0.1) is 0 Å². The molecule has 0 spiro atoms. The minimum atomic E-state index is 0.537. The molecule has 0 amide bonds. The Labute approximate surface area is 94.0 Å². The van der Waals surface area contributed by atoms with Gasteiger partial charge >= 0.3 is 0 Å². The fourth-order valence-electron chi connectivity index (χ4n) is 1.58. The molecule has 14 heavy (non-hydrogen) atoms. The van der Waals surface area contributed by atoms with E-state index in [1.165, 1.54) is 6.42 Å². The first kappa shape index (κ1) is 11.7. The van der Waals surface area contributed by atoms with Crippen molar-refractivity contribution in [1.29, 1.82) is 0 Å². The number of aryl methyl sites for hydroxylation is 1. The van der Waals surface area contributed by atoms with Crippen molar-refractivity contribution < 1.29 is 0 Å². The third-order valence-electron chi connectivity index (χ3n) is 2.61. The molecule has 0 radical (unpaired) electrons. The number of rotatable bonds is 5. The Kier molecular flexibility index (Phi) is 4.58. The second kappa shape index (κ2) is 5.49. The minimum Gasteiger partial charge on any atom is -0.250 e. The summed E-state index contributed by atoms with van der Waals surface area (Å²) < 4.78 is 1.97. The maximum Gasteiger partial charge on any atom is 0.138 e. The highest BCUT2D eigenvalue weighted by molar-refractivity contribution is 9.09. The largest absolute Gasteiger partial charge is 0.250 e.